The van der Waals surface area contributed by atoms with Crippen LogP contribution in [0.4, 0.5) is 4.39 Å². The van der Waals surface area contributed by atoms with Crippen LogP contribution in [0.1, 0.15) is 0 Å². The summed E-state index contributed by atoms with van der Waals surface area (Å²) in [5.74, 6) is 0. The Balaban J connectivity index is 2.82. The van der Waals surface area contributed by atoms with E-state index in [-0.39, 0.29) is 13.1 Å². The third kappa shape index (κ3) is 5.14. The van der Waals surface area contributed by atoms with Crippen molar-refractivity contribution in [1.82, 2.24) is 0 Å². The molecule has 0 unspecified atom stereocenters. The molecule has 40 valence electrons. The lowest BCUT2D eigenvalue weighted by Crippen LogP contribution is -1.83. The number of halogens is 1. The molecule has 0 atom stereocenters. The molecule has 0 spiro atoms. The largest absolute Gasteiger partial charge is 0.464 e. The van der Waals surface area contributed by atoms with Gasteiger partial charge in [-0.25, -0.2) is 4.39 Å². The first-order valence-electron chi connectivity index (χ1n) is 1.72. The third-order valence-corrected chi connectivity index (χ3v) is 0.350. The van der Waals surface area contributed by atoms with Crippen LogP contribution in [0.2, 0.25) is 0 Å². The van der Waals surface area contributed by atoms with Crippen LogP contribution in [0.3, 0.4) is 0 Å². The van der Waals surface area contributed by atoms with Gasteiger partial charge in [0.2, 0.25) is 0 Å². The molecule has 3 heteroatoms. The summed E-state index contributed by atoms with van der Waals surface area (Å²) in [4.78, 5) is 9.30. The van der Waals surface area contributed by atoms with E-state index in [1.807, 2.05) is 0 Å². The Morgan fingerprint density at radius 3 is 2.86 bits per heavy atom. The second kappa shape index (κ2) is 5.14. The molecule has 0 rings (SSSR count). The Kier molecular flexibility index (Phi) is 4.51. The van der Waals surface area contributed by atoms with Gasteiger partial charge in [-0.1, -0.05) is 0 Å². The number of ether oxygens (including phenoxy) is 1. The minimum atomic E-state index is 0.0139. The second-order valence-corrected chi connectivity index (χ2v) is 0.791. The summed E-state index contributed by atoms with van der Waals surface area (Å²) in [5.41, 5.74) is 0. The van der Waals surface area contributed by atoms with Crippen LogP contribution in [-0.2, 0) is 9.53 Å². The van der Waals surface area contributed by atoms with Gasteiger partial charge in [-0.2, -0.15) is 0 Å². The molecule has 0 aromatic rings. The Morgan fingerprint density at radius 2 is 2.43 bits per heavy atom. The highest BCUT2D eigenvalue weighted by Gasteiger charge is 1.70. The lowest BCUT2D eigenvalue weighted by molar-refractivity contribution is -0.127. The molecule has 0 aromatic heterocycles. The standard InChI is InChI=1S/C4H5FO2/c5-2-1-3-7-4-6/h1-2,4H,3H2. The van der Waals surface area contributed by atoms with Crippen molar-refractivity contribution in [2.75, 3.05) is 6.61 Å². The maximum Gasteiger partial charge on any atom is 0.293 e. The van der Waals surface area contributed by atoms with Crippen molar-refractivity contribution < 1.29 is 13.9 Å². The van der Waals surface area contributed by atoms with Gasteiger partial charge in [0.25, 0.3) is 6.47 Å². The van der Waals surface area contributed by atoms with Crippen LogP contribution in [0, 0.1) is 0 Å². The molecular weight excluding hydrogens is 99.0 g/mol. The van der Waals surface area contributed by atoms with Crippen LogP contribution >= 0.6 is 0 Å². The zero-order valence-electron chi connectivity index (χ0n) is 3.63. The first-order chi connectivity index (χ1) is 3.41. The maximum absolute atomic E-state index is 10.9. The van der Waals surface area contributed by atoms with E-state index in [2.05, 4.69) is 4.74 Å². The third-order valence-electron chi connectivity index (χ3n) is 0.350. The number of rotatable bonds is 3. The lowest BCUT2D eigenvalue weighted by Gasteiger charge is -1.83. The van der Waals surface area contributed by atoms with E-state index in [9.17, 15) is 9.18 Å². The first kappa shape index (κ1) is 6.14. The first-order valence-corrected chi connectivity index (χ1v) is 1.72. The van der Waals surface area contributed by atoms with Gasteiger partial charge in [-0.05, 0) is 6.08 Å². The van der Waals surface area contributed by atoms with Crippen LogP contribution in [0.15, 0.2) is 12.4 Å². The average molecular weight is 104 g/mol. The summed E-state index contributed by atoms with van der Waals surface area (Å²) in [6.45, 7) is 0.278. The van der Waals surface area contributed by atoms with Gasteiger partial charge in [0.05, 0.1) is 6.33 Å². The van der Waals surface area contributed by atoms with Crippen molar-refractivity contribution in [2.45, 2.75) is 0 Å². The molecule has 0 fully saturated rings. The summed E-state index contributed by atoms with van der Waals surface area (Å²) < 4.78 is 15.0. The Labute approximate surface area is 40.6 Å². The normalized spacial score (nSPS) is 9.29. The highest BCUT2D eigenvalue weighted by molar-refractivity contribution is 5.37. The molecular formula is C4H5FO2. The Bertz CT molecular complexity index is 70.1. The fraction of sp³-hybridized carbons (Fsp3) is 0.250. The summed E-state index contributed by atoms with van der Waals surface area (Å²) in [5, 5.41) is 0. The monoisotopic (exact) mass is 104 g/mol. The van der Waals surface area contributed by atoms with Gasteiger partial charge in [0.1, 0.15) is 6.61 Å². The zero-order chi connectivity index (χ0) is 5.54. The summed E-state index contributed by atoms with van der Waals surface area (Å²) in [6, 6.07) is 0. The number of hydrogen-bond acceptors (Lipinski definition) is 2. The van der Waals surface area contributed by atoms with E-state index in [0.717, 1.165) is 6.08 Å². The van der Waals surface area contributed by atoms with Crippen molar-refractivity contribution in [3.8, 4) is 0 Å². The Morgan fingerprint density at radius 1 is 1.71 bits per heavy atom. The molecule has 0 radical (unpaired) electrons. The highest BCUT2D eigenvalue weighted by Crippen LogP contribution is 1.72. The summed E-state index contributed by atoms with van der Waals surface area (Å²) in [6.07, 6.45) is 1.41. The smallest absolute Gasteiger partial charge is 0.293 e. The molecule has 0 aromatic carbocycles. The van der Waals surface area contributed by atoms with Crippen LogP contribution < -0.4 is 0 Å². The van der Waals surface area contributed by atoms with Gasteiger partial charge in [-0.3, -0.25) is 4.79 Å². The van der Waals surface area contributed by atoms with Gasteiger partial charge in [-0.15, -0.1) is 0 Å². The molecule has 0 N–H and O–H groups in total. The van der Waals surface area contributed by atoms with Crippen molar-refractivity contribution in [2.24, 2.45) is 0 Å². The van der Waals surface area contributed by atoms with E-state index >= 15 is 0 Å². The van der Waals surface area contributed by atoms with Crippen LogP contribution in [-0.4, -0.2) is 13.1 Å². The SMILES string of the molecule is O=COCC=CF. The fourth-order valence-electron chi connectivity index (χ4n) is 0.131. The number of carbonyl (C=O) groups is 1. The molecule has 0 saturated heterocycles. The van der Waals surface area contributed by atoms with E-state index in [1.165, 1.54) is 0 Å². The number of carbonyl (C=O) groups excluding carboxylic acids is 1. The molecule has 0 aliphatic heterocycles. The van der Waals surface area contributed by atoms with Crippen molar-refractivity contribution in [3.63, 3.8) is 0 Å². The molecule has 0 bridgehead atoms. The average Bonchev–Trinajstić information content (AvgIpc) is 1.69. The minimum absolute atomic E-state index is 0.0139. The highest BCUT2D eigenvalue weighted by atomic mass is 19.1. The fourth-order valence-corrected chi connectivity index (χ4v) is 0.131. The van der Waals surface area contributed by atoms with Crippen molar-refractivity contribution >= 4 is 6.47 Å². The van der Waals surface area contributed by atoms with Crippen molar-refractivity contribution in [3.05, 3.63) is 12.4 Å². The zero-order valence-corrected chi connectivity index (χ0v) is 3.63. The topological polar surface area (TPSA) is 26.3 Å². The quantitative estimate of drug-likeness (QED) is 0.388. The Hall–Kier alpha value is -0.860. The predicted molar refractivity (Wildman–Crippen MR) is 22.3 cm³/mol. The molecule has 2 nitrogen and oxygen atoms in total. The van der Waals surface area contributed by atoms with Gasteiger partial charge in [0, 0.05) is 0 Å². The summed E-state index contributed by atoms with van der Waals surface area (Å²) in [7, 11) is 0. The lowest BCUT2D eigenvalue weighted by atomic mass is 10.7. The van der Waals surface area contributed by atoms with Crippen LogP contribution in [0.25, 0.3) is 0 Å². The van der Waals surface area contributed by atoms with Crippen LogP contribution in [0.5, 0.6) is 0 Å². The van der Waals surface area contributed by atoms with Crippen molar-refractivity contribution in [1.29, 1.82) is 0 Å². The van der Waals surface area contributed by atoms with E-state index in [1.54, 1.807) is 0 Å². The second-order valence-electron chi connectivity index (χ2n) is 0.791. The summed E-state index contributed by atoms with van der Waals surface area (Å²) >= 11 is 0. The predicted octanol–water partition coefficient (Wildman–Crippen LogP) is 0.643. The molecule has 0 aliphatic rings. The van der Waals surface area contributed by atoms with E-state index < -0.39 is 0 Å². The van der Waals surface area contributed by atoms with E-state index in [4.69, 9.17) is 0 Å². The number of hydrogen-bond donors (Lipinski definition) is 0. The maximum atomic E-state index is 10.9. The molecule has 7 heavy (non-hydrogen) atoms. The van der Waals surface area contributed by atoms with Gasteiger partial charge >= 0.3 is 0 Å². The molecule has 0 aliphatic carbocycles. The van der Waals surface area contributed by atoms with Gasteiger partial charge < -0.3 is 4.74 Å². The minimum Gasteiger partial charge on any atom is -0.464 e. The molecule has 0 amide bonds. The molecule has 0 saturated carbocycles. The van der Waals surface area contributed by atoms with E-state index in [0.29, 0.717) is 6.33 Å². The molecule has 0 heterocycles. The van der Waals surface area contributed by atoms with Gasteiger partial charge in [0.15, 0.2) is 0 Å².